The molecule has 82 valence electrons. The minimum absolute atomic E-state index is 0.219. The van der Waals surface area contributed by atoms with Crippen LogP contribution in [-0.4, -0.2) is 21.2 Å². The Kier molecular flexibility index (Phi) is 3.77. The van der Waals surface area contributed by atoms with Crippen molar-refractivity contribution < 1.29 is 23.8 Å². The standard InChI is InChI=1S/C8H6F2INO3/c9-8(10)3-1-5(11)12-4(7(3)15)2-6(13)14/h1,8,15H,2H2,(H,13,14). The van der Waals surface area contributed by atoms with Gasteiger partial charge in [0.2, 0.25) is 0 Å². The molecule has 0 aliphatic carbocycles. The molecular weight excluding hydrogens is 323 g/mol. The van der Waals surface area contributed by atoms with E-state index in [2.05, 4.69) is 4.98 Å². The molecule has 0 aromatic carbocycles. The minimum atomic E-state index is -2.85. The number of alkyl halides is 2. The van der Waals surface area contributed by atoms with E-state index < -0.39 is 30.1 Å². The topological polar surface area (TPSA) is 70.4 Å². The quantitative estimate of drug-likeness (QED) is 0.657. The van der Waals surface area contributed by atoms with Crippen LogP contribution in [0.1, 0.15) is 17.7 Å². The van der Waals surface area contributed by atoms with Crippen LogP contribution >= 0.6 is 22.6 Å². The number of carboxylic acids is 1. The lowest BCUT2D eigenvalue weighted by Crippen LogP contribution is -2.05. The zero-order chi connectivity index (χ0) is 11.6. The van der Waals surface area contributed by atoms with Crippen LogP contribution in [0.5, 0.6) is 5.75 Å². The molecule has 0 aliphatic rings. The lowest BCUT2D eigenvalue weighted by molar-refractivity contribution is -0.136. The largest absolute Gasteiger partial charge is 0.506 e. The minimum Gasteiger partial charge on any atom is -0.506 e. The zero-order valence-electron chi connectivity index (χ0n) is 7.25. The van der Waals surface area contributed by atoms with Crippen molar-refractivity contribution in [3.63, 3.8) is 0 Å². The molecule has 0 fully saturated rings. The molecule has 0 spiro atoms. The maximum absolute atomic E-state index is 12.4. The highest BCUT2D eigenvalue weighted by molar-refractivity contribution is 14.1. The summed E-state index contributed by atoms with van der Waals surface area (Å²) in [5.41, 5.74) is -0.838. The third-order valence-electron chi connectivity index (χ3n) is 1.62. The number of hydrogen-bond acceptors (Lipinski definition) is 3. The van der Waals surface area contributed by atoms with Gasteiger partial charge in [0, 0.05) is 0 Å². The molecule has 0 radical (unpaired) electrons. The Morgan fingerprint density at radius 2 is 2.20 bits per heavy atom. The Balaban J connectivity index is 3.21. The van der Waals surface area contributed by atoms with E-state index in [1.807, 2.05) is 0 Å². The average molecular weight is 329 g/mol. The Labute approximate surface area is 97.1 Å². The van der Waals surface area contributed by atoms with Crippen molar-refractivity contribution >= 4 is 28.6 Å². The van der Waals surface area contributed by atoms with Gasteiger partial charge in [0.05, 0.1) is 17.7 Å². The maximum Gasteiger partial charge on any atom is 0.309 e. The summed E-state index contributed by atoms with van der Waals surface area (Å²) in [5, 5.41) is 17.8. The predicted molar refractivity (Wildman–Crippen MR) is 54.9 cm³/mol. The van der Waals surface area contributed by atoms with Gasteiger partial charge in [0.15, 0.2) is 0 Å². The first-order valence-corrected chi connectivity index (χ1v) is 4.88. The highest BCUT2D eigenvalue weighted by Crippen LogP contribution is 2.31. The summed E-state index contributed by atoms with van der Waals surface area (Å²) in [6.07, 6.45) is -3.43. The van der Waals surface area contributed by atoms with Crippen LogP contribution < -0.4 is 0 Å². The van der Waals surface area contributed by atoms with Crippen LogP contribution in [0.25, 0.3) is 0 Å². The number of hydrogen-bond donors (Lipinski definition) is 2. The summed E-state index contributed by atoms with van der Waals surface area (Å²) in [6.45, 7) is 0. The monoisotopic (exact) mass is 329 g/mol. The van der Waals surface area contributed by atoms with Crippen molar-refractivity contribution in [1.82, 2.24) is 4.98 Å². The highest BCUT2D eigenvalue weighted by Gasteiger charge is 2.19. The Morgan fingerprint density at radius 3 is 2.67 bits per heavy atom. The molecule has 1 heterocycles. The first-order chi connectivity index (χ1) is 6.91. The fourth-order valence-electron chi connectivity index (χ4n) is 1.01. The SMILES string of the molecule is O=C(O)Cc1nc(I)cc(C(F)F)c1O. The molecule has 0 bridgehead atoms. The third kappa shape index (κ3) is 2.98. The zero-order valence-corrected chi connectivity index (χ0v) is 9.40. The van der Waals surface area contributed by atoms with Crippen molar-refractivity contribution in [3.05, 3.63) is 21.0 Å². The molecule has 0 aliphatic heterocycles. The summed E-state index contributed by atoms with van der Waals surface area (Å²) < 4.78 is 25.0. The summed E-state index contributed by atoms with van der Waals surface area (Å²) in [5.74, 6) is -1.98. The maximum atomic E-state index is 12.4. The number of pyridine rings is 1. The van der Waals surface area contributed by atoms with E-state index in [1.165, 1.54) is 0 Å². The summed E-state index contributed by atoms with van der Waals surface area (Å²) in [7, 11) is 0. The smallest absolute Gasteiger partial charge is 0.309 e. The van der Waals surface area contributed by atoms with Crippen LogP contribution in [0.4, 0.5) is 8.78 Å². The molecule has 0 saturated carbocycles. The number of nitrogens with zero attached hydrogens (tertiary/aromatic N) is 1. The van der Waals surface area contributed by atoms with E-state index in [9.17, 15) is 18.7 Å². The van der Waals surface area contributed by atoms with Gasteiger partial charge >= 0.3 is 5.97 Å². The van der Waals surface area contributed by atoms with Crippen LogP contribution in [0.3, 0.4) is 0 Å². The first kappa shape index (κ1) is 12.1. The molecule has 1 aromatic heterocycles. The van der Waals surface area contributed by atoms with E-state index in [1.54, 1.807) is 22.6 Å². The van der Waals surface area contributed by atoms with Gasteiger partial charge in [-0.2, -0.15) is 0 Å². The second-order valence-electron chi connectivity index (χ2n) is 2.70. The highest BCUT2D eigenvalue weighted by atomic mass is 127. The number of carboxylic acid groups (broad SMARTS) is 1. The van der Waals surface area contributed by atoms with Gasteiger partial charge in [-0.05, 0) is 28.7 Å². The van der Waals surface area contributed by atoms with Crippen molar-refractivity contribution in [2.45, 2.75) is 12.8 Å². The molecule has 1 rings (SSSR count). The lowest BCUT2D eigenvalue weighted by Gasteiger charge is -2.07. The van der Waals surface area contributed by atoms with Gasteiger partial charge in [0.1, 0.15) is 9.45 Å². The fraction of sp³-hybridized carbons (Fsp3) is 0.250. The van der Waals surface area contributed by atoms with Crippen LogP contribution in [0.15, 0.2) is 6.07 Å². The van der Waals surface area contributed by atoms with E-state index in [-0.39, 0.29) is 9.39 Å². The fourth-order valence-corrected chi connectivity index (χ4v) is 1.64. The number of halogens is 3. The van der Waals surface area contributed by atoms with Gasteiger partial charge in [-0.1, -0.05) is 0 Å². The second-order valence-corrected chi connectivity index (χ2v) is 3.81. The van der Waals surface area contributed by atoms with Gasteiger partial charge in [-0.3, -0.25) is 4.79 Å². The van der Waals surface area contributed by atoms with Crippen LogP contribution in [0, 0.1) is 3.70 Å². The molecule has 1 aromatic rings. The normalized spacial score (nSPS) is 10.7. The number of aliphatic carboxylic acids is 1. The number of aromatic hydroxyl groups is 1. The molecule has 7 heteroatoms. The number of carbonyl (C=O) groups is 1. The van der Waals surface area contributed by atoms with Gasteiger partial charge < -0.3 is 10.2 Å². The van der Waals surface area contributed by atoms with E-state index in [0.717, 1.165) is 6.07 Å². The van der Waals surface area contributed by atoms with Gasteiger partial charge in [-0.15, -0.1) is 0 Å². The molecule has 0 saturated heterocycles. The van der Waals surface area contributed by atoms with Gasteiger partial charge in [0.25, 0.3) is 6.43 Å². The molecule has 0 amide bonds. The van der Waals surface area contributed by atoms with Crippen molar-refractivity contribution in [2.24, 2.45) is 0 Å². The summed E-state index contributed by atoms with van der Waals surface area (Å²) >= 11 is 1.68. The van der Waals surface area contributed by atoms with E-state index >= 15 is 0 Å². The number of aromatic nitrogens is 1. The van der Waals surface area contributed by atoms with Gasteiger partial charge in [-0.25, -0.2) is 13.8 Å². The molecule has 2 N–H and O–H groups in total. The van der Waals surface area contributed by atoms with Crippen molar-refractivity contribution in [2.75, 3.05) is 0 Å². The molecule has 4 nitrogen and oxygen atoms in total. The Morgan fingerprint density at radius 1 is 1.60 bits per heavy atom. The third-order valence-corrected chi connectivity index (χ3v) is 2.17. The summed E-state index contributed by atoms with van der Waals surface area (Å²) in [6, 6.07) is 1.02. The molecule has 0 atom stereocenters. The molecular formula is C8H6F2INO3. The van der Waals surface area contributed by atoms with Crippen LogP contribution in [0.2, 0.25) is 0 Å². The Hall–Kier alpha value is -0.990. The van der Waals surface area contributed by atoms with Crippen molar-refractivity contribution in [3.8, 4) is 5.75 Å². The molecule has 0 unspecified atom stereocenters. The van der Waals surface area contributed by atoms with Crippen LogP contribution in [-0.2, 0) is 11.2 Å². The first-order valence-electron chi connectivity index (χ1n) is 3.80. The Bertz CT molecular complexity index is 398. The predicted octanol–water partition coefficient (Wildman–Crippen LogP) is 1.96. The molecule has 15 heavy (non-hydrogen) atoms. The lowest BCUT2D eigenvalue weighted by atomic mass is 10.1. The van der Waals surface area contributed by atoms with E-state index in [0.29, 0.717) is 0 Å². The second kappa shape index (κ2) is 4.69. The van der Waals surface area contributed by atoms with Crippen molar-refractivity contribution in [1.29, 1.82) is 0 Å². The number of rotatable bonds is 3. The average Bonchev–Trinajstić information content (AvgIpc) is 2.09. The van der Waals surface area contributed by atoms with E-state index in [4.69, 9.17) is 5.11 Å². The summed E-state index contributed by atoms with van der Waals surface area (Å²) in [4.78, 5) is 14.1.